The smallest absolute Gasteiger partial charge is 0.322 e. The Bertz CT molecular complexity index is 788. The number of amides is 1. The third-order valence-electron chi connectivity index (χ3n) is 2.76. The lowest BCUT2D eigenvalue weighted by Gasteiger charge is -2.00. The summed E-state index contributed by atoms with van der Waals surface area (Å²) in [5.74, 6) is 0.461. The summed E-state index contributed by atoms with van der Waals surface area (Å²) in [5, 5.41) is 10.1. The molecule has 0 radical (unpaired) electrons. The summed E-state index contributed by atoms with van der Waals surface area (Å²) >= 11 is 0. The SMILES string of the molecule is COc1cccc(-c2nnc(NC(=O)c3cnccn3)o2)c1. The topological polar surface area (TPSA) is 103 Å². The van der Waals surface area contributed by atoms with Gasteiger partial charge in [0.05, 0.1) is 13.3 Å². The number of carbonyl (C=O) groups is 1. The van der Waals surface area contributed by atoms with E-state index in [2.05, 4.69) is 25.5 Å². The molecule has 0 atom stereocenters. The summed E-state index contributed by atoms with van der Waals surface area (Å²) in [6, 6.07) is 7.13. The first kappa shape index (κ1) is 13.7. The Labute approximate surface area is 125 Å². The zero-order chi connectivity index (χ0) is 15.4. The largest absolute Gasteiger partial charge is 0.497 e. The van der Waals surface area contributed by atoms with Crippen LogP contribution < -0.4 is 10.1 Å². The second-order valence-electron chi connectivity index (χ2n) is 4.19. The van der Waals surface area contributed by atoms with Gasteiger partial charge in [0, 0.05) is 18.0 Å². The predicted octanol–water partition coefficient (Wildman–Crippen LogP) is 1.79. The van der Waals surface area contributed by atoms with Gasteiger partial charge in [-0.2, -0.15) is 0 Å². The van der Waals surface area contributed by atoms with Gasteiger partial charge in [0.25, 0.3) is 5.91 Å². The van der Waals surface area contributed by atoms with Crippen molar-refractivity contribution in [3.05, 3.63) is 48.5 Å². The maximum Gasteiger partial charge on any atom is 0.322 e. The van der Waals surface area contributed by atoms with Gasteiger partial charge in [-0.25, -0.2) is 4.98 Å². The molecule has 2 heterocycles. The molecular weight excluding hydrogens is 286 g/mol. The number of aromatic nitrogens is 4. The van der Waals surface area contributed by atoms with E-state index in [1.807, 2.05) is 0 Å². The molecule has 3 aromatic rings. The maximum absolute atomic E-state index is 11.9. The van der Waals surface area contributed by atoms with Gasteiger partial charge < -0.3 is 9.15 Å². The molecule has 0 aliphatic rings. The molecule has 1 amide bonds. The number of nitrogens with one attached hydrogen (secondary N) is 1. The van der Waals surface area contributed by atoms with E-state index in [0.29, 0.717) is 11.3 Å². The van der Waals surface area contributed by atoms with Crippen molar-refractivity contribution >= 4 is 11.9 Å². The fourth-order valence-corrected chi connectivity index (χ4v) is 1.72. The van der Waals surface area contributed by atoms with E-state index >= 15 is 0 Å². The summed E-state index contributed by atoms with van der Waals surface area (Å²) in [5.41, 5.74) is 0.843. The highest BCUT2D eigenvalue weighted by Gasteiger charge is 2.14. The standard InChI is InChI=1S/C14H11N5O3/c1-21-10-4-2-3-9(7-10)13-18-19-14(22-13)17-12(20)11-8-15-5-6-16-11/h2-8H,1H3,(H,17,19,20). The molecule has 1 N–H and O–H groups in total. The highest BCUT2D eigenvalue weighted by molar-refractivity contribution is 6.01. The third-order valence-corrected chi connectivity index (χ3v) is 2.76. The first-order valence-electron chi connectivity index (χ1n) is 6.31. The summed E-state index contributed by atoms with van der Waals surface area (Å²) in [6.07, 6.45) is 4.24. The van der Waals surface area contributed by atoms with Crippen LogP contribution in [0.3, 0.4) is 0 Å². The third kappa shape index (κ3) is 2.90. The normalized spacial score (nSPS) is 10.2. The lowest BCUT2D eigenvalue weighted by molar-refractivity contribution is 0.101. The lowest BCUT2D eigenvalue weighted by atomic mass is 10.2. The first-order chi connectivity index (χ1) is 10.8. The Kier molecular flexibility index (Phi) is 3.73. The number of ether oxygens (including phenoxy) is 1. The number of anilines is 1. The van der Waals surface area contributed by atoms with Crippen molar-refractivity contribution in [1.82, 2.24) is 20.2 Å². The summed E-state index contributed by atoms with van der Waals surface area (Å²) in [6.45, 7) is 0. The van der Waals surface area contributed by atoms with Gasteiger partial charge >= 0.3 is 6.01 Å². The van der Waals surface area contributed by atoms with Gasteiger partial charge in [-0.15, -0.1) is 5.10 Å². The molecule has 110 valence electrons. The second kappa shape index (κ2) is 6.00. The quantitative estimate of drug-likeness (QED) is 0.782. The fourth-order valence-electron chi connectivity index (χ4n) is 1.72. The Morgan fingerprint density at radius 3 is 2.95 bits per heavy atom. The van der Waals surface area contributed by atoms with Gasteiger partial charge in [0.2, 0.25) is 5.89 Å². The van der Waals surface area contributed by atoms with Crippen molar-refractivity contribution in [2.24, 2.45) is 0 Å². The van der Waals surface area contributed by atoms with E-state index < -0.39 is 5.91 Å². The first-order valence-corrected chi connectivity index (χ1v) is 6.31. The average Bonchev–Trinajstić information content (AvgIpc) is 3.04. The van der Waals surface area contributed by atoms with Crippen molar-refractivity contribution in [3.8, 4) is 17.2 Å². The van der Waals surface area contributed by atoms with Crippen LogP contribution in [-0.4, -0.2) is 33.2 Å². The van der Waals surface area contributed by atoms with Crippen LogP contribution in [-0.2, 0) is 0 Å². The summed E-state index contributed by atoms with van der Waals surface area (Å²) in [7, 11) is 1.57. The summed E-state index contributed by atoms with van der Waals surface area (Å²) < 4.78 is 10.5. The highest BCUT2D eigenvalue weighted by Crippen LogP contribution is 2.23. The van der Waals surface area contributed by atoms with E-state index in [4.69, 9.17) is 9.15 Å². The summed E-state index contributed by atoms with van der Waals surface area (Å²) in [4.78, 5) is 19.6. The van der Waals surface area contributed by atoms with Gasteiger partial charge in [0.1, 0.15) is 11.4 Å². The number of benzene rings is 1. The van der Waals surface area contributed by atoms with Crippen LogP contribution in [0.5, 0.6) is 5.75 Å². The zero-order valence-electron chi connectivity index (χ0n) is 11.6. The van der Waals surface area contributed by atoms with Gasteiger partial charge in [0.15, 0.2) is 0 Å². The van der Waals surface area contributed by atoms with Crippen molar-refractivity contribution in [2.45, 2.75) is 0 Å². The Morgan fingerprint density at radius 2 is 2.18 bits per heavy atom. The molecule has 2 aromatic heterocycles. The minimum absolute atomic E-state index is 0.0199. The van der Waals surface area contributed by atoms with E-state index in [0.717, 1.165) is 0 Å². The molecule has 0 aliphatic carbocycles. The molecule has 0 saturated heterocycles. The molecule has 0 unspecified atom stereocenters. The molecule has 22 heavy (non-hydrogen) atoms. The second-order valence-corrected chi connectivity index (χ2v) is 4.19. The molecule has 8 heteroatoms. The monoisotopic (exact) mass is 297 g/mol. The van der Waals surface area contributed by atoms with Crippen LogP contribution in [0.15, 0.2) is 47.3 Å². The van der Waals surface area contributed by atoms with Gasteiger partial charge in [-0.1, -0.05) is 11.2 Å². The van der Waals surface area contributed by atoms with E-state index in [1.165, 1.54) is 18.6 Å². The molecule has 0 spiro atoms. The minimum Gasteiger partial charge on any atom is -0.497 e. The van der Waals surface area contributed by atoms with E-state index in [-0.39, 0.29) is 17.6 Å². The van der Waals surface area contributed by atoms with Gasteiger partial charge in [-0.3, -0.25) is 15.1 Å². The van der Waals surface area contributed by atoms with Crippen LogP contribution in [0.1, 0.15) is 10.5 Å². The molecule has 0 bridgehead atoms. The fraction of sp³-hybridized carbons (Fsp3) is 0.0714. The Morgan fingerprint density at radius 1 is 1.27 bits per heavy atom. The molecule has 0 fully saturated rings. The number of hydrogen-bond donors (Lipinski definition) is 1. The lowest BCUT2D eigenvalue weighted by Crippen LogP contribution is -2.13. The van der Waals surface area contributed by atoms with Crippen molar-refractivity contribution in [3.63, 3.8) is 0 Å². The van der Waals surface area contributed by atoms with E-state index in [9.17, 15) is 4.79 Å². The molecular formula is C14H11N5O3. The van der Waals surface area contributed by atoms with Crippen LogP contribution in [0, 0.1) is 0 Å². The molecule has 8 nitrogen and oxygen atoms in total. The average molecular weight is 297 g/mol. The van der Waals surface area contributed by atoms with Crippen molar-refractivity contribution in [1.29, 1.82) is 0 Å². The van der Waals surface area contributed by atoms with Crippen LogP contribution in [0.4, 0.5) is 6.01 Å². The molecule has 0 aliphatic heterocycles. The zero-order valence-corrected chi connectivity index (χ0v) is 11.6. The number of rotatable bonds is 4. The van der Waals surface area contributed by atoms with Gasteiger partial charge in [-0.05, 0) is 18.2 Å². The maximum atomic E-state index is 11.9. The molecule has 0 saturated carbocycles. The number of nitrogens with zero attached hydrogens (tertiary/aromatic N) is 4. The number of hydrogen-bond acceptors (Lipinski definition) is 7. The number of methoxy groups -OCH3 is 1. The molecule has 1 aromatic carbocycles. The van der Waals surface area contributed by atoms with Crippen LogP contribution in [0.25, 0.3) is 11.5 Å². The minimum atomic E-state index is -0.478. The molecule has 3 rings (SSSR count). The van der Waals surface area contributed by atoms with Crippen molar-refractivity contribution in [2.75, 3.05) is 12.4 Å². The predicted molar refractivity (Wildman–Crippen MR) is 76.3 cm³/mol. The Balaban J connectivity index is 1.78. The highest BCUT2D eigenvalue weighted by atomic mass is 16.5. The number of carbonyl (C=O) groups excluding carboxylic acids is 1. The van der Waals surface area contributed by atoms with E-state index in [1.54, 1.807) is 31.4 Å². The van der Waals surface area contributed by atoms with Crippen molar-refractivity contribution < 1.29 is 13.9 Å². The Hall–Kier alpha value is -3.29. The van der Waals surface area contributed by atoms with Crippen LogP contribution in [0.2, 0.25) is 0 Å². The van der Waals surface area contributed by atoms with Crippen LogP contribution >= 0.6 is 0 Å².